The highest BCUT2D eigenvalue weighted by molar-refractivity contribution is 7.17. The van der Waals surface area contributed by atoms with Crippen LogP contribution in [0.1, 0.15) is 5.56 Å². The van der Waals surface area contributed by atoms with Gasteiger partial charge in [0.1, 0.15) is 0 Å². The molecule has 3 heterocycles. The molecule has 0 saturated carbocycles. The van der Waals surface area contributed by atoms with E-state index >= 15 is 0 Å². The molecule has 0 aliphatic heterocycles. The minimum atomic E-state index is 0.488. The third-order valence-electron chi connectivity index (χ3n) is 4.28. The van der Waals surface area contributed by atoms with Gasteiger partial charge < -0.3 is 10.6 Å². The fourth-order valence-electron chi connectivity index (χ4n) is 2.92. The summed E-state index contributed by atoms with van der Waals surface area (Å²) >= 11 is 1.59. The van der Waals surface area contributed by atoms with Gasteiger partial charge in [-0.25, -0.2) is 4.98 Å². The number of rotatable bonds is 4. The molecule has 3 N–H and O–H groups in total. The van der Waals surface area contributed by atoms with Crippen LogP contribution in [0.25, 0.3) is 21.1 Å². The molecule has 0 bridgehead atoms. The van der Waals surface area contributed by atoms with Gasteiger partial charge in [0.2, 0.25) is 5.95 Å². The van der Waals surface area contributed by atoms with Crippen LogP contribution in [0.4, 0.5) is 23.1 Å². The minimum Gasteiger partial charge on any atom is -0.339 e. The summed E-state index contributed by atoms with van der Waals surface area (Å²) in [7, 11) is 0. The lowest BCUT2D eigenvalue weighted by atomic mass is 10.2. The van der Waals surface area contributed by atoms with Crippen molar-refractivity contribution in [2.45, 2.75) is 0 Å². The van der Waals surface area contributed by atoms with Crippen molar-refractivity contribution in [3.05, 3.63) is 65.7 Å². The summed E-state index contributed by atoms with van der Waals surface area (Å²) in [5, 5.41) is 25.6. The van der Waals surface area contributed by atoms with Gasteiger partial charge in [0.05, 0.1) is 33.6 Å². The number of anilines is 4. The van der Waals surface area contributed by atoms with Crippen LogP contribution < -0.4 is 10.6 Å². The third kappa shape index (κ3) is 3.00. The molecule has 0 unspecified atom stereocenters. The van der Waals surface area contributed by atoms with E-state index < -0.39 is 0 Å². The number of H-pyrrole nitrogens is 1. The molecule has 0 amide bonds. The summed E-state index contributed by atoms with van der Waals surface area (Å²) in [5.41, 5.74) is 4.20. The summed E-state index contributed by atoms with van der Waals surface area (Å²) in [6, 6.07) is 17.2. The van der Waals surface area contributed by atoms with Crippen molar-refractivity contribution in [2.24, 2.45) is 0 Å². The molecule has 3 aromatic heterocycles. The molecule has 0 radical (unpaired) electrons. The molecule has 2 aromatic carbocycles. The van der Waals surface area contributed by atoms with Crippen molar-refractivity contribution < 1.29 is 0 Å². The van der Waals surface area contributed by atoms with Crippen LogP contribution in [0.2, 0.25) is 0 Å². The number of benzene rings is 2. The van der Waals surface area contributed by atoms with E-state index in [0.717, 1.165) is 38.3 Å². The molecule has 0 aliphatic rings. The average molecular weight is 383 g/mol. The number of hydrogen-bond donors (Lipinski definition) is 3. The van der Waals surface area contributed by atoms with E-state index in [1.807, 2.05) is 41.8 Å². The van der Waals surface area contributed by atoms with E-state index in [1.165, 1.54) is 0 Å². The van der Waals surface area contributed by atoms with E-state index in [1.54, 1.807) is 29.7 Å². The lowest BCUT2D eigenvalue weighted by Gasteiger charge is -2.10. The highest BCUT2D eigenvalue weighted by Gasteiger charge is 2.10. The van der Waals surface area contributed by atoms with Crippen molar-refractivity contribution in [2.75, 3.05) is 10.6 Å². The first-order valence-electron chi connectivity index (χ1n) is 8.51. The lowest BCUT2D eigenvalue weighted by Crippen LogP contribution is -2.01. The van der Waals surface area contributed by atoms with Crippen molar-refractivity contribution in [3.63, 3.8) is 0 Å². The Labute approximate surface area is 163 Å². The van der Waals surface area contributed by atoms with Gasteiger partial charge in [-0.1, -0.05) is 0 Å². The predicted octanol–water partition coefficient (Wildman–Crippen LogP) is 4.93. The molecule has 28 heavy (non-hydrogen) atoms. The highest BCUT2D eigenvalue weighted by atomic mass is 32.1. The lowest BCUT2D eigenvalue weighted by molar-refractivity contribution is 1.12. The molecular formula is C20H13N7S. The Hall–Kier alpha value is -3.96. The van der Waals surface area contributed by atoms with Crippen LogP contribution in [0.3, 0.4) is 0 Å². The number of nitriles is 1. The zero-order valence-electron chi connectivity index (χ0n) is 14.5. The van der Waals surface area contributed by atoms with Gasteiger partial charge in [-0.2, -0.15) is 15.3 Å². The Balaban J connectivity index is 1.50. The second kappa shape index (κ2) is 6.64. The fraction of sp³-hybridized carbons (Fsp3) is 0. The SMILES string of the molecule is N#Cc1ccc(Nc2nc(Nc3ccc4[nH]ncc4c3)c3sccc3n2)cc1. The number of hydrogen-bond acceptors (Lipinski definition) is 7. The number of nitrogens with zero attached hydrogens (tertiary/aromatic N) is 4. The van der Waals surface area contributed by atoms with Gasteiger partial charge in [0.25, 0.3) is 0 Å². The van der Waals surface area contributed by atoms with Crippen molar-refractivity contribution in [1.82, 2.24) is 20.2 Å². The van der Waals surface area contributed by atoms with Gasteiger partial charge in [-0.05, 0) is 53.9 Å². The standard InChI is InChI=1S/C20H13N7S/c21-10-12-1-3-14(4-2-12)24-20-25-17-7-8-28-18(17)19(26-20)23-15-5-6-16-13(9-15)11-22-27-16/h1-9,11H,(H,22,27)(H2,23,24,25,26). The van der Waals surface area contributed by atoms with Crippen LogP contribution in [0, 0.1) is 11.3 Å². The largest absolute Gasteiger partial charge is 0.339 e. The monoisotopic (exact) mass is 383 g/mol. The molecule has 7 nitrogen and oxygen atoms in total. The second-order valence-electron chi connectivity index (χ2n) is 6.14. The summed E-state index contributed by atoms with van der Waals surface area (Å²) in [5.74, 6) is 1.22. The molecule has 5 aromatic rings. The normalized spacial score (nSPS) is 10.8. The number of nitrogens with one attached hydrogen (secondary N) is 3. The molecular weight excluding hydrogens is 370 g/mol. The average Bonchev–Trinajstić information content (AvgIpc) is 3.37. The summed E-state index contributed by atoms with van der Waals surface area (Å²) in [6.45, 7) is 0. The third-order valence-corrected chi connectivity index (χ3v) is 5.19. The van der Waals surface area contributed by atoms with Crippen LogP contribution in [0.5, 0.6) is 0 Å². The molecule has 0 aliphatic carbocycles. The zero-order valence-corrected chi connectivity index (χ0v) is 15.3. The summed E-state index contributed by atoms with van der Waals surface area (Å²) in [4.78, 5) is 9.25. The zero-order chi connectivity index (χ0) is 18.9. The molecule has 134 valence electrons. The Kier molecular flexibility index (Phi) is 3.85. The topological polar surface area (TPSA) is 102 Å². The first-order valence-corrected chi connectivity index (χ1v) is 9.39. The Morgan fingerprint density at radius 2 is 1.82 bits per heavy atom. The van der Waals surface area contributed by atoms with E-state index in [-0.39, 0.29) is 0 Å². The molecule has 5 rings (SSSR count). The van der Waals surface area contributed by atoms with Gasteiger partial charge in [0.15, 0.2) is 5.82 Å². The number of aromatic amines is 1. The summed E-state index contributed by atoms with van der Waals surface area (Å²) < 4.78 is 0.984. The smallest absolute Gasteiger partial charge is 0.229 e. The quantitative estimate of drug-likeness (QED) is 0.407. The van der Waals surface area contributed by atoms with Gasteiger partial charge in [-0.15, -0.1) is 11.3 Å². The molecule has 0 saturated heterocycles. The fourth-order valence-corrected chi connectivity index (χ4v) is 3.69. The first-order chi connectivity index (χ1) is 13.8. The number of fused-ring (bicyclic) bond motifs is 2. The maximum absolute atomic E-state index is 8.93. The predicted molar refractivity (Wildman–Crippen MR) is 111 cm³/mol. The van der Waals surface area contributed by atoms with Crippen LogP contribution in [-0.4, -0.2) is 20.2 Å². The minimum absolute atomic E-state index is 0.488. The molecule has 0 fully saturated rings. The van der Waals surface area contributed by atoms with E-state index in [4.69, 9.17) is 5.26 Å². The Morgan fingerprint density at radius 3 is 2.68 bits per heavy atom. The molecule has 8 heteroatoms. The van der Waals surface area contributed by atoms with Crippen LogP contribution in [0.15, 0.2) is 60.1 Å². The maximum Gasteiger partial charge on any atom is 0.229 e. The van der Waals surface area contributed by atoms with E-state index in [9.17, 15) is 0 Å². The Bertz CT molecular complexity index is 1330. The number of aromatic nitrogens is 4. The number of thiophene rings is 1. The van der Waals surface area contributed by atoms with E-state index in [0.29, 0.717) is 11.5 Å². The second-order valence-corrected chi connectivity index (χ2v) is 7.06. The van der Waals surface area contributed by atoms with Gasteiger partial charge in [-0.3, -0.25) is 5.10 Å². The highest BCUT2D eigenvalue weighted by Crippen LogP contribution is 2.31. The van der Waals surface area contributed by atoms with Crippen molar-refractivity contribution in [3.8, 4) is 6.07 Å². The molecule has 0 spiro atoms. The van der Waals surface area contributed by atoms with Crippen LogP contribution >= 0.6 is 11.3 Å². The Morgan fingerprint density at radius 1 is 0.964 bits per heavy atom. The van der Waals surface area contributed by atoms with Gasteiger partial charge in [0, 0.05) is 16.8 Å². The first kappa shape index (κ1) is 16.2. The summed E-state index contributed by atoms with van der Waals surface area (Å²) in [6.07, 6.45) is 1.79. The van der Waals surface area contributed by atoms with Gasteiger partial charge >= 0.3 is 0 Å². The van der Waals surface area contributed by atoms with Crippen molar-refractivity contribution >= 4 is 55.6 Å². The molecule has 0 atom stereocenters. The van der Waals surface area contributed by atoms with Crippen molar-refractivity contribution in [1.29, 1.82) is 5.26 Å². The maximum atomic E-state index is 8.93. The van der Waals surface area contributed by atoms with Crippen LogP contribution in [-0.2, 0) is 0 Å². The van der Waals surface area contributed by atoms with E-state index in [2.05, 4.69) is 36.9 Å².